The van der Waals surface area contributed by atoms with Crippen molar-refractivity contribution in [1.82, 2.24) is 8.97 Å². The summed E-state index contributed by atoms with van der Waals surface area (Å²) in [5.41, 5.74) is 2.51. The minimum absolute atomic E-state index is 0. The van der Waals surface area contributed by atoms with Crippen molar-refractivity contribution < 1.29 is 34.3 Å². The molecule has 0 saturated carbocycles. The Morgan fingerprint density at radius 1 is 0.567 bits per heavy atom. The van der Waals surface area contributed by atoms with Crippen molar-refractivity contribution in [3.63, 3.8) is 0 Å². The molecule has 30 heavy (non-hydrogen) atoms. The summed E-state index contributed by atoms with van der Waals surface area (Å²) in [6.45, 7) is 1.54. The molecule has 0 unspecified atom stereocenters. The van der Waals surface area contributed by atoms with Crippen LogP contribution in [0.4, 0.5) is 11.4 Å². The van der Waals surface area contributed by atoms with Crippen LogP contribution < -0.4 is 43.3 Å². The van der Waals surface area contributed by atoms with Crippen molar-refractivity contribution in [2.45, 2.75) is 25.7 Å². The molecule has 0 bridgehead atoms. The van der Waals surface area contributed by atoms with Gasteiger partial charge in [-0.1, -0.05) is 12.1 Å². The van der Waals surface area contributed by atoms with Gasteiger partial charge in [-0.3, -0.25) is 8.97 Å². The van der Waals surface area contributed by atoms with Crippen LogP contribution in [0.25, 0.3) is 0 Å². The van der Waals surface area contributed by atoms with E-state index < -0.39 is 0 Å². The third-order valence-corrected chi connectivity index (χ3v) is 4.76. The average Bonchev–Trinajstić information content (AvgIpc) is 2.63. The fourth-order valence-corrected chi connectivity index (χ4v) is 2.92. The number of nitrogens with zero attached hydrogens (tertiary/aromatic N) is 2. The molecular weight excluding hydrogens is 419 g/mol. The number of quaternary nitrogens is 2. The zero-order valence-electron chi connectivity index (χ0n) is 19.3. The van der Waals surface area contributed by atoms with Gasteiger partial charge in [-0.15, -0.1) is 0 Å². The van der Waals surface area contributed by atoms with Gasteiger partial charge in [-0.05, 0) is 49.9 Å². The standard InChI is InChI=1S/C24H38N2O2.2ClH/c1-25(2,3)21-13-11-15-23(19-21)27-17-9-7-8-10-18-28-24-16-12-14-22(20-24)26(4,5)6;;/h11-16,19-20H,7-10,17-18H2,1-6H3;2*1H/q+2;;/p-2. The molecular formula is C24H38Cl2N2O2. The van der Waals surface area contributed by atoms with Gasteiger partial charge < -0.3 is 34.3 Å². The molecule has 0 aliphatic carbocycles. The molecule has 0 fully saturated rings. The van der Waals surface area contributed by atoms with E-state index in [1.165, 1.54) is 11.4 Å². The van der Waals surface area contributed by atoms with Crippen molar-refractivity contribution >= 4 is 11.4 Å². The first-order valence-electron chi connectivity index (χ1n) is 10.3. The van der Waals surface area contributed by atoms with Gasteiger partial charge in [-0.2, -0.15) is 0 Å². The highest BCUT2D eigenvalue weighted by Crippen LogP contribution is 2.24. The SMILES string of the molecule is C[N+](C)(C)c1cccc(OCCCCCCOc2cccc([N+](C)(C)C)c2)c1.[Cl-].[Cl-]. The van der Waals surface area contributed by atoms with E-state index in [1.54, 1.807) is 0 Å². The molecule has 0 aliphatic heterocycles. The summed E-state index contributed by atoms with van der Waals surface area (Å²) < 4.78 is 13.4. The molecule has 170 valence electrons. The topological polar surface area (TPSA) is 18.5 Å². The molecule has 2 rings (SSSR count). The van der Waals surface area contributed by atoms with Crippen LogP contribution >= 0.6 is 0 Å². The number of hydrogen-bond donors (Lipinski definition) is 0. The van der Waals surface area contributed by atoms with Gasteiger partial charge in [0.2, 0.25) is 0 Å². The maximum Gasteiger partial charge on any atom is 0.135 e. The van der Waals surface area contributed by atoms with Crippen molar-refractivity contribution in [2.24, 2.45) is 0 Å². The molecule has 2 aromatic carbocycles. The van der Waals surface area contributed by atoms with E-state index in [1.807, 2.05) is 12.1 Å². The highest BCUT2D eigenvalue weighted by molar-refractivity contribution is 5.47. The smallest absolute Gasteiger partial charge is 0.135 e. The molecule has 0 spiro atoms. The molecule has 0 N–H and O–H groups in total. The lowest BCUT2D eigenvalue weighted by molar-refractivity contribution is -0.00100. The monoisotopic (exact) mass is 456 g/mol. The third-order valence-electron chi connectivity index (χ3n) is 4.76. The molecule has 0 heterocycles. The summed E-state index contributed by atoms with van der Waals surface area (Å²) in [5.74, 6) is 1.93. The number of benzene rings is 2. The second-order valence-corrected chi connectivity index (χ2v) is 9.13. The third kappa shape index (κ3) is 10.0. The lowest BCUT2D eigenvalue weighted by atomic mass is 10.2. The summed E-state index contributed by atoms with van der Waals surface area (Å²) in [6, 6.07) is 16.8. The van der Waals surface area contributed by atoms with Gasteiger partial charge in [0.05, 0.1) is 55.5 Å². The largest absolute Gasteiger partial charge is 1.00 e. The minimum atomic E-state index is 0. The van der Waals surface area contributed by atoms with Crippen LogP contribution in [-0.2, 0) is 0 Å². The molecule has 2 aromatic rings. The van der Waals surface area contributed by atoms with E-state index >= 15 is 0 Å². The highest BCUT2D eigenvalue weighted by atomic mass is 35.5. The van der Waals surface area contributed by atoms with E-state index in [4.69, 9.17) is 9.47 Å². The molecule has 0 amide bonds. The number of halogens is 2. The van der Waals surface area contributed by atoms with Crippen LogP contribution in [0.2, 0.25) is 0 Å². The molecule has 0 aliphatic rings. The Bertz CT molecular complexity index is 677. The normalized spacial score (nSPS) is 11.3. The number of unbranched alkanes of at least 4 members (excludes halogenated alkanes) is 3. The van der Waals surface area contributed by atoms with E-state index in [0.29, 0.717) is 0 Å². The fraction of sp³-hybridized carbons (Fsp3) is 0.500. The Hall–Kier alpha value is -1.46. The summed E-state index contributed by atoms with van der Waals surface area (Å²) >= 11 is 0. The van der Waals surface area contributed by atoms with Gasteiger partial charge in [-0.25, -0.2) is 0 Å². The molecule has 0 atom stereocenters. The Kier molecular flexibility index (Phi) is 12.4. The zero-order chi connectivity index (χ0) is 20.6. The summed E-state index contributed by atoms with van der Waals surface area (Å²) in [7, 11) is 13.0. The van der Waals surface area contributed by atoms with E-state index in [2.05, 4.69) is 78.7 Å². The number of ether oxygens (including phenoxy) is 2. The Labute approximate surface area is 195 Å². The van der Waals surface area contributed by atoms with Crippen LogP contribution in [0.3, 0.4) is 0 Å². The first kappa shape index (κ1) is 28.5. The lowest BCUT2D eigenvalue weighted by Gasteiger charge is -2.23. The maximum atomic E-state index is 5.92. The summed E-state index contributed by atoms with van der Waals surface area (Å²) in [4.78, 5) is 0. The highest BCUT2D eigenvalue weighted by Gasteiger charge is 2.13. The van der Waals surface area contributed by atoms with Crippen molar-refractivity contribution in [3.8, 4) is 11.5 Å². The van der Waals surface area contributed by atoms with Crippen LogP contribution in [0, 0.1) is 0 Å². The second kappa shape index (κ2) is 13.1. The first-order chi connectivity index (χ1) is 13.2. The predicted octanol–water partition coefficient (Wildman–Crippen LogP) is -0.894. The van der Waals surface area contributed by atoms with Crippen molar-refractivity contribution in [3.05, 3.63) is 48.5 Å². The van der Waals surface area contributed by atoms with Gasteiger partial charge in [0.1, 0.15) is 22.9 Å². The van der Waals surface area contributed by atoms with Crippen LogP contribution in [0.1, 0.15) is 25.7 Å². The molecule has 0 aromatic heterocycles. The average molecular weight is 457 g/mol. The quantitative estimate of drug-likeness (QED) is 0.322. The molecule has 6 heteroatoms. The van der Waals surface area contributed by atoms with Gasteiger partial charge >= 0.3 is 0 Å². The fourth-order valence-electron chi connectivity index (χ4n) is 2.92. The molecule has 0 radical (unpaired) electrons. The van der Waals surface area contributed by atoms with Crippen molar-refractivity contribution in [2.75, 3.05) is 55.5 Å². The maximum absolute atomic E-state index is 5.92. The summed E-state index contributed by atoms with van der Waals surface area (Å²) in [5, 5.41) is 0. The van der Waals surface area contributed by atoms with E-state index in [0.717, 1.165) is 59.4 Å². The number of hydrogen-bond acceptors (Lipinski definition) is 2. The molecule has 0 saturated heterocycles. The first-order valence-corrected chi connectivity index (χ1v) is 10.3. The van der Waals surface area contributed by atoms with Gasteiger partial charge in [0.15, 0.2) is 0 Å². The van der Waals surface area contributed by atoms with Gasteiger partial charge in [0, 0.05) is 12.1 Å². The summed E-state index contributed by atoms with van der Waals surface area (Å²) in [6.07, 6.45) is 4.48. The predicted molar refractivity (Wildman–Crippen MR) is 121 cm³/mol. The Morgan fingerprint density at radius 2 is 0.933 bits per heavy atom. The van der Waals surface area contributed by atoms with E-state index in [9.17, 15) is 0 Å². The zero-order valence-corrected chi connectivity index (χ0v) is 20.8. The van der Waals surface area contributed by atoms with Gasteiger partial charge in [0.25, 0.3) is 0 Å². The lowest BCUT2D eigenvalue weighted by Crippen LogP contribution is -3.00. The van der Waals surface area contributed by atoms with Crippen LogP contribution in [0.5, 0.6) is 11.5 Å². The van der Waals surface area contributed by atoms with Crippen LogP contribution in [0.15, 0.2) is 48.5 Å². The Morgan fingerprint density at radius 3 is 1.27 bits per heavy atom. The Balaban J connectivity index is 0.00000420. The second-order valence-electron chi connectivity index (χ2n) is 9.13. The minimum Gasteiger partial charge on any atom is -1.00 e. The van der Waals surface area contributed by atoms with E-state index in [-0.39, 0.29) is 24.8 Å². The molecule has 4 nitrogen and oxygen atoms in total. The van der Waals surface area contributed by atoms with Crippen LogP contribution in [-0.4, -0.2) is 55.5 Å². The van der Waals surface area contributed by atoms with Crippen molar-refractivity contribution in [1.29, 1.82) is 0 Å². The number of rotatable bonds is 11.